The molecule has 0 radical (unpaired) electrons. The van der Waals surface area contributed by atoms with E-state index in [0.29, 0.717) is 0 Å². The van der Waals surface area contributed by atoms with Crippen LogP contribution in [-0.2, 0) is 14.1 Å². The quantitative estimate of drug-likeness (QED) is 0.415. The minimum absolute atomic E-state index is 0.200. The standard InChI is InChI=1S/C25H22N8O/c1-15-14-34-23-5-4-16(8-19(15)23)20-9-18(10-21-25(20)27-7-6-26-21)30-24(17-11-29-32(2)13-17)22-12-28-31-33(22)3/h4-14,24,30H,1-3H3/t24-/m0/s1. The third-order valence-electron chi connectivity index (χ3n) is 6.07. The molecule has 0 bridgehead atoms. The van der Waals surface area contributed by atoms with Crippen LogP contribution in [0.5, 0.6) is 0 Å². The highest BCUT2D eigenvalue weighted by Crippen LogP contribution is 2.35. The first-order valence-corrected chi connectivity index (χ1v) is 10.9. The van der Waals surface area contributed by atoms with Gasteiger partial charge in [0, 0.05) is 54.9 Å². The van der Waals surface area contributed by atoms with Crippen LogP contribution >= 0.6 is 0 Å². The van der Waals surface area contributed by atoms with Crippen molar-refractivity contribution < 1.29 is 4.42 Å². The Morgan fingerprint density at radius 1 is 1.03 bits per heavy atom. The van der Waals surface area contributed by atoms with Crippen LogP contribution in [0.2, 0.25) is 0 Å². The van der Waals surface area contributed by atoms with Crippen molar-refractivity contribution in [3.63, 3.8) is 0 Å². The van der Waals surface area contributed by atoms with Gasteiger partial charge in [-0.15, -0.1) is 5.10 Å². The van der Waals surface area contributed by atoms with E-state index >= 15 is 0 Å². The van der Waals surface area contributed by atoms with Gasteiger partial charge in [0.05, 0.1) is 41.4 Å². The van der Waals surface area contributed by atoms with Crippen molar-refractivity contribution in [2.45, 2.75) is 13.0 Å². The Morgan fingerprint density at radius 2 is 1.91 bits per heavy atom. The molecule has 1 atom stereocenters. The van der Waals surface area contributed by atoms with E-state index in [1.165, 1.54) is 0 Å². The molecular weight excluding hydrogens is 428 g/mol. The third-order valence-corrected chi connectivity index (χ3v) is 6.07. The van der Waals surface area contributed by atoms with Crippen LogP contribution in [-0.4, -0.2) is 34.7 Å². The molecule has 1 N–H and O–H groups in total. The number of hydrogen-bond acceptors (Lipinski definition) is 7. The van der Waals surface area contributed by atoms with Crippen molar-refractivity contribution in [3.8, 4) is 11.1 Å². The van der Waals surface area contributed by atoms with Gasteiger partial charge in [0.1, 0.15) is 5.58 Å². The zero-order chi connectivity index (χ0) is 23.2. The van der Waals surface area contributed by atoms with Crippen LogP contribution in [0, 0.1) is 6.92 Å². The van der Waals surface area contributed by atoms with E-state index in [1.54, 1.807) is 34.2 Å². The number of nitrogens with one attached hydrogen (secondary N) is 1. The average Bonchev–Trinajstić information content (AvgIpc) is 3.57. The fourth-order valence-corrected chi connectivity index (χ4v) is 4.34. The van der Waals surface area contributed by atoms with Crippen molar-refractivity contribution in [3.05, 3.63) is 84.4 Å². The molecule has 0 saturated carbocycles. The van der Waals surface area contributed by atoms with Crippen molar-refractivity contribution in [2.75, 3.05) is 5.32 Å². The highest BCUT2D eigenvalue weighted by atomic mass is 16.3. The van der Waals surface area contributed by atoms with Gasteiger partial charge in [-0.25, -0.2) is 4.68 Å². The summed E-state index contributed by atoms with van der Waals surface area (Å²) in [4.78, 5) is 9.24. The van der Waals surface area contributed by atoms with Crippen LogP contribution in [0.4, 0.5) is 5.69 Å². The summed E-state index contributed by atoms with van der Waals surface area (Å²) < 4.78 is 9.20. The fourth-order valence-electron chi connectivity index (χ4n) is 4.34. The lowest BCUT2D eigenvalue weighted by Gasteiger charge is -2.20. The second-order valence-electron chi connectivity index (χ2n) is 8.38. The molecule has 0 spiro atoms. The van der Waals surface area contributed by atoms with Gasteiger partial charge < -0.3 is 9.73 Å². The molecule has 9 nitrogen and oxygen atoms in total. The molecule has 4 aromatic heterocycles. The number of furan rings is 1. The van der Waals surface area contributed by atoms with Crippen LogP contribution in [0.3, 0.4) is 0 Å². The van der Waals surface area contributed by atoms with Crippen molar-refractivity contribution in [1.29, 1.82) is 0 Å². The summed E-state index contributed by atoms with van der Waals surface area (Å²) in [6.07, 6.45) is 10.8. The maximum absolute atomic E-state index is 5.64. The van der Waals surface area contributed by atoms with E-state index in [2.05, 4.69) is 48.9 Å². The fraction of sp³-hybridized carbons (Fsp3) is 0.160. The van der Waals surface area contributed by atoms with Crippen LogP contribution in [0.15, 0.2) is 72.0 Å². The van der Waals surface area contributed by atoms with E-state index in [9.17, 15) is 0 Å². The minimum Gasteiger partial charge on any atom is -0.464 e. The number of anilines is 1. The molecule has 6 aromatic rings. The maximum Gasteiger partial charge on any atom is 0.134 e. The average molecular weight is 451 g/mol. The van der Waals surface area contributed by atoms with Crippen LogP contribution in [0.1, 0.15) is 22.9 Å². The Labute approximate surface area is 195 Å². The number of benzene rings is 2. The van der Waals surface area contributed by atoms with E-state index in [0.717, 1.165) is 55.6 Å². The summed E-state index contributed by atoms with van der Waals surface area (Å²) in [5.74, 6) is 0. The molecule has 0 saturated heterocycles. The minimum atomic E-state index is -0.200. The molecule has 6 rings (SSSR count). The second-order valence-corrected chi connectivity index (χ2v) is 8.38. The molecule has 4 heterocycles. The van der Waals surface area contributed by atoms with E-state index in [1.807, 2.05) is 45.5 Å². The summed E-state index contributed by atoms with van der Waals surface area (Å²) in [6, 6.07) is 10.1. The molecule has 0 amide bonds. The number of nitrogens with zero attached hydrogens (tertiary/aromatic N) is 7. The molecule has 168 valence electrons. The molecule has 0 fully saturated rings. The van der Waals surface area contributed by atoms with E-state index in [-0.39, 0.29) is 6.04 Å². The summed E-state index contributed by atoms with van der Waals surface area (Å²) in [5, 5.41) is 17.3. The van der Waals surface area contributed by atoms with Gasteiger partial charge in [0.15, 0.2) is 0 Å². The topological polar surface area (TPSA) is 99.5 Å². The Balaban J connectivity index is 1.50. The summed E-state index contributed by atoms with van der Waals surface area (Å²) >= 11 is 0. The predicted octanol–water partition coefficient (Wildman–Crippen LogP) is 4.41. The molecule has 34 heavy (non-hydrogen) atoms. The predicted molar refractivity (Wildman–Crippen MR) is 129 cm³/mol. The Bertz CT molecular complexity index is 1640. The van der Waals surface area contributed by atoms with Gasteiger partial charge in [-0.2, -0.15) is 5.10 Å². The highest BCUT2D eigenvalue weighted by molar-refractivity contribution is 5.97. The number of fused-ring (bicyclic) bond motifs is 2. The Morgan fingerprint density at radius 3 is 2.71 bits per heavy atom. The lowest BCUT2D eigenvalue weighted by Crippen LogP contribution is -2.16. The molecule has 0 aliphatic rings. The maximum atomic E-state index is 5.64. The van der Waals surface area contributed by atoms with Gasteiger partial charge in [-0.05, 0) is 42.3 Å². The zero-order valence-corrected chi connectivity index (χ0v) is 19.0. The molecule has 9 heteroatoms. The SMILES string of the molecule is Cc1coc2ccc(-c3cc(N[C@@H](c4cnn(C)c4)c4cnnn4C)cc4nccnc34)cc12. The number of hydrogen-bond donors (Lipinski definition) is 1. The van der Waals surface area contributed by atoms with Gasteiger partial charge in [0.2, 0.25) is 0 Å². The molecule has 0 aliphatic carbocycles. The Kier molecular flexibility index (Phi) is 4.61. The first kappa shape index (κ1) is 20.1. The van der Waals surface area contributed by atoms with Crippen LogP contribution in [0.25, 0.3) is 33.1 Å². The zero-order valence-electron chi connectivity index (χ0n) is 19.0. The third kappa shape index (κ3) is 3.38. The Hall–Kier alpha value is -4.53. The van der Waals surface area contributed by atoms with E-state index < -0.39 is 0 Å². The summed E-state index contributed by atoms with van der Waals surface area (Å²) in [5.41, 5.74) is 8.48. The highest BCUT2D eigenvalue weighted by Gasteiger charge is 2.21. The van der Waals surface area contributed by atoms with E-state index in [4.69, 9.17) is 4.42 Å². The van der Waals surface area contributed by atoms with Gasteiger partial charge >= 0.3 is 0 Å². The first-order chi connectivity index (χ1) is 16.6. The van der Waals surface area contributed by atoms with Crippen molar-refractivity contribution >= 4 is 27.7 Å². The van der Waals surface area contributed by atoms with Gasteiger partial charge in [-0.1, -0.05) is 11.3 Å². The van der Waals surface area contributed by atoms with Crippen molar-refractivity contribution in [2.24, 2.45) is 14.1 Å². The van der Waals surface area contributed by atoms with Crippen LogP contribution < -0.4 is 5.32 Å². The molecule has 0 unspecified atom stereocenters. The van der Waals surface area contributed by atoms with Gasteiger partial charge in [0.25, 0.3) is 0 Å². The largest absolute Gasteiger partial charge is 0.464 e. The first-order valence-electron chi connectivity index (χ1n) is 10.9. The summed E-state index contributed by atoms with van der Waals surface area (Å²) in [7, 11) is 3.78. The number of aryl methyl sites for hydroxylation is 3. The lowest BCUT2D eigenvalue weighted by molar-refractivity contribution is 0.613. The summed E-state index contributed by atoms with van der Waals surface area (Å²) in [6.45, 7) is 2.05. The molecule has 0 aliphatic heterocycles. The monoisotopic (exact) mass is 450 g/mol. The van der Waals surface area contributed by atoms with Crippen molar-refractivity contribution in [1.82, 2.24) is 34.7 Å². The molecular formula is C25H22N8O. The lowest BCUT2D eigenvalue weighted by atomic mass is 10.00. The molecule has 2 aromatic carbocycles. The second kappa shape index (κ2) is 7.80. The van der Waals surface area contributed by atoms with Gasteiger partial charge in [-0.3, -0.25) is 14.6 Å². The number of rotatable bonds is 5. The smallest absolute Gasteiger partial charge is 0.134 e. The normalized spacial score (nSPS) is 12.4. The number of aromatic nitrogens is 7.